The predicted octanol–water partition coefficient (Wildman–Crippen LogP) is -2.79. The Kier molecular flexibility index (Phi) is 23.4. The number of unbranched alkanes of at least 4 members (excludes halogenated alkanes) is 2. The number of amidine groups is 1. The molecule has 0 aliphatic carbocycles. The molecule has 22 heteroatoms. The van der Waals surface area contributed by atoms with E-state index in [4.69, 9.17) is 39.0 Å². The number of nitrogens with zero attached hydrogens (tertiary/aromatic N) is 5. The Balaban J connectivity index is 1.50. The Morgan fingerprint density at radius 2 is 1.18 bits per heavy atom. The summed E-state index contributed by atoms with van der Waals surface area (Å²) in [5, 5.41) is 99.7. The minimum absolute atomic E-state index is 0.0193. The van der Waals surface area contributed by atoms with Gasteiger partial charge in [0.25, 0.3) is 5.91 Å². The van der Waals surface area contributed by atoms with Gasteiger partial charge in [0, 0.05) is 33.1 Å². The number of rotatable bonds is 30. The Morgan fingerprint density at radius 1 is 0.682 bits per heavy atom. The van der Waals surface area contributed by atoms with Gasteiger partial charge in [-0.3, -0.25) is 24.3 Å². The molecule has 2 aromatic carbocycles. The second-order valence-electron chi connectivity index (χ2n) is 16.1. The number of aromatic nitrogens is 2. The van der Waals surface area contributed by atoms with Crippen molar-refractivity contribution in [2.45, 2.75) is 106 Å². The fourth-order valence-corrected chi connectivity index (χ4v) is 7.23. The van der Waals surface area contributed by atoms with Crippen molar-refractivity contribution < 1.29 is 65.4 Å². The molecule has 0 saturated carbocycles. The van der Waals surface area contributed by atoms with Crippen molar-refractivity contribution in [2.75, 3.05) is 46.4 Å². The number of hydrogen-bond donors (Lipinski definition) is 13. The van der Waals surface area contributed by atoms with E-state index in [1.54, 1.807) is 0 Å². The number of aliphatic imine (C=N–C) groups is 1. The number of hydrogen-bond acceptors (Lipinski definition) is 17. The molecule has 3 rings (SSSR count). The van der Waals surface area contributed by atoms with Crippen molar-refractivity contribution in [3.63, 3.8) is 0 Å². The second-order valence-corrected chi connectivity index (χ2v) is 16.5. The molecule has 0 spiro atoms. The highest BCUT2D eigenvalue weighted by Crippen LogP contribution is 2.22. The Hall–Kier alpha value is -4.75. The average molecular weight is 950 g/mol. The summed E-state index contributed by atoms with van der Waals surface area (Å²) in [6.07, 6.45) is -9.85. The van der Waals surface area contributed by atoms with Crippen LogP contribution < -0.4 is 17.2 Å². The topological polar surface area (TPSA) is 376 Å². The van der Waals surface area contributed by atoms with Crippen LogP contribution in [0.5, 0.6) is 0 Å². The molecule has 0 bridgehead atoms. The summed E-state index contributed by atoms with van der Waals surface area (Å²) in [6, 6.07) is 15.0. The Bertz CT molecular complexity index is 1970. The van der Waals surface area contributed by atoms with Crippen molar-refractivity contribution in [3.05, 3.63) is 82.4 Å². The molecule has 1 heterocycles. The van der Waals surface area contributed by atoms with Gasteiger partial charge in [-0.15, -0.1) is 0 Å². The zero-order chi connectivity index (χ0) is 49.1. The van der Waals surface area contributed by atoms with E-state index < -0.39 is 93.0 Å². The maximum atomic E-state index is 13.3. The van der Waals surface area contributed by atoms with E-state index in [1.165, 1.54) is 23.0 Å². The fourth-order valence-electron chi connectivity index (χ4n) is 7.10. The van der Waals surface area contributed by atoms with E-state index in [2.05, 4.69) is 27.1 Å². The molecule has 0 unspecified atom stereocenters. The van der Waals surface area contributed by atoms with Crippen molar-refractivity contribution in [3.8, 4) is 11.1 Å². The third-order valence-corrected chi connectivity index (χ3v) is 11.4. The molecule has 1 aromatic heterocycles. The van der Waals surface area contributed by atoms with Gasteiger partial charge in [-0.05, 0) is 73.7 Å². The van der Waals surface area contributed by atoms with Crippen molar-refractivity contribution in [1.29, 1.82) is 0 Å². The van der Waals surface area contributed by atoms with Gasteiger partial charge in [0.1, 0.15) is 59.3 Å². The van der Waals surface area contributed by atoms with Crippen LogP contribution in [0.25, 0.3) is 11.1 Å². The first-order valence-corrected chi connectivity index (χ1v) is 21.9. The first kappa shape index (κ1) is 55.6. The molecule has 0 radical (unpaired) electrons. The van der Waals surface area contributed by atoms with E-state index in [0.29, 0.717) is 19.4 Å². The Labute approximate surface area is 387 Å². The minimum atomic E-state index is -1.93. The molecule has 9 atom stereocenters. The van der Waals surface area contributed by atoms with Crippen LogP contribution in [0.4, 0.5) is 0 Å². The summed E-state index contributed by atoms with van der Waals surface area (Å²) < 4.78 is 0. The third kappa shape index (κ3) is 17.2. The summed E-state index contributed by atoms with van der Waals surface area (Å²) >= 11 is 5.81. The zero-order valence-corrected chi connectivity index (χ0v) is 37.6. The first-order chi connectivity index (χ1) is 31.3. The monoisotopic (exact) mass is 948 g/mol. The second kappa shape index (κ2) is 27.8. The highest BCUT2D eigenvalue weighted by atomic mass is 35.5. The number of aryl methyl sites for hydroxylation is 2. The molecule has 16 N–H and O–H groups in total. The Morgan fingerprint density at radius 3 is 1.67 bits per heavy atom. The number of primary amides is 2. The van der Waals surface area contributed by atoms with Crippen molar-refractivity contribution in [1.82, 2.24) is 19.8 Å². The molecule has 21 nitrogen and oxygen atoms in total. The van der Waals surface area contributed by atoms with Crippen LogP contribution in [0.2, 0.25) is 5.15 Å². The molecule has 0 saturated heterocycles. The van der Waals surface area contributed by atoms with Gasteiger partial charge in [-0.2, -0.15) is 0 Å². The van der Waals surface area contributed by atoms with E-state index in [9.17, 15) is 55.2 Å². The fraction of sp³-hybridized carbons (Fsp3) is 0.545. The lowest BCUT2D eigenvalue weighted by molar-refractivity contribution is -0.138. The highest BCUT2D eigenvalue weighted by Gasteiger charge is 2.34. The van der Waals surface area contributed by atoms with Crippen molar-refractivity contribution in [2.24, 2.45) is 22.2 Å². The molecule has 3 aromatic rings. The number of benzene rings is 2. The van der Waals surface area contributed by atoms with Gasteiger partial charge in [0.05, 0.1) is 31.6 Å². The number of aliphatic hydroxyl groups excluding tert-OH is 10. The molecular weight excluding hydrogens is 884 g/mol. The van der Waals surface area contributed by atoms with E-state index >= 15 is 0 Å². The highest BCUT2D eigenvalue weighted by molar-refractivity contribution is 6.29. The van der Waals surface area contributed by atoms with Gasteiger partial charge in [0.15, 0.2) is 5.69 Å². The standard InChI is InChI=1S/C44H65ClN8O13/c1-52(29(43(47)65)7-3-5-19-53(21-30(56)38(61)40(63)32(58)23-54)22-31(57)39(62)41(64)33(59)24-55)35(60)17-12-26-10-15-28(16-11-26)27-13-8-25(9-14-27)6-2-4-18-49-42(46)36-37(44(48)66)51-34(45)20-50-36/h8-11,13-16,20,29-33,38-41,54-59,61-64H,2-7,12,17-19,21-24H2,1H3,(H2,46,49)(H2,47,65)(H2,48,66)/t29-,30-,31-,32+,33+,38+,39+,40+,41+/m0/s1. The summed E-state index contributed by atoms with van der Waals surface area (Å²) in [6.45, 7) is -2.21. The van der Waals surface area contributed by atoms with Crippen LogP contribution in [0.3, 0.4) is 0 Å². The first-order valence-electron chi connectivity index (χ1n) is 21.5. The lowest BCUT2D eigenvalue weighted by Crippen LogP contribution is -2.53. The van der Waals surface area contributed by atoms with Crippen LogP contribution in [0.1, 0.15) is 65.8 Å². The lowest BCUT2D eigenvalue weighted by atomic mass is 9.99. The molecule has 0 aliphatic rings. The maximum absolute atomic E-state index is 13.3. The van der Waals surface area contributed by atoms with E-state index in [-0.39, 0.29) is 54.1 Å². The van der Waals surface area contributed by atoms with E-state index in [0.717, 1.165) is 41.5 Å². The quantitative estimate of drug-likeness (QED) is 0.0183. The number of halogens is 1. The number of carbonyl (C=O) groups excluding carboxylic acids is 3. The van der Waals surface area contributed by atoms with Gasteiger partial charge >= 0.3 is 0 Å². The third-order valence-electron chi connectivity index (χ3n) is 11.2. The van der Waals surface area contributed by atoms with Crippen LogP contribution in [0.15, 0.2) is 59.7 Å². The molecular formula is C44H65ClN8O13. The van der Waals surface area contributed by atoms with E-state index in [1.807, 2.05) is 36.4 Å². The van der Waals surface area contributed by atoms with Crippen LogP contribution in [-0.2, 0) is 22.4 Å². The van der Waals surface area contributed by atoms with Gasteiger partial charge in [-0.1, -0.05) is 60.1 Å². The van der Waals surface area contributed by atoms with Crippen LogP contribution >= 0.6 is 11.6 Å². The van der Waals surface area contributed by atoms with Crippen LogP contribution in [-0.4, -0.2) is 196 Å². The number of aliphatic hydroxyl groups is 10. The van der Waals surface area contributed by atoms with Crippen LogP contribution in [0, 0.1) is 0 Å². The summed E-state index contributed by atoms with van der Waals surface area (Å²) in [4.78, 5) is 52.3. The number of likely N-dealkylation sites (N-methyl/N-ethyl adjacent to an activating group) is 1. The summed E-state index contributed by atoms with van der Waals surface area (Å²) in [5.74, 6) is -1.80. The maximum Gasteiger partial charge on any atom is 0.269 e. The zero-order valence-electron chi connectivity index (χ0n) is 36.8. The number of nitrogens with two attached hydrogens (primary N) is 3. The molecule has 366 valence electrons. The molecule has 3 amide bonds. The predicted molar refractivity (Wildman–Crippen MR) is 243 cm³/mol. The number of carbonyl (C=O) groups is 3. The average Bonchev–Trinajstić information content (AvgIpc) is 3.31. The largest absolute Gasteiger partial charge is 0.394 e. The summed E-state index contributed by atoms with van der Waals surface area (Å²) in [5.41, 5.74) is 21.1. The molecule has 0 fully saturated rings. The SMILES string of the molecule is CN(C(=O)CCc1ccc(-c2ccc(CCCCN=C(N)c3ncc(Cl)nc3C(N)=O)cc2)cc1)[C@@H](CCCCN(C[C@H](O)[C@@H](O)[C@H](O)[C@H](O)CO)C[C@H](O)[C@@H](O)[C@H](O)[C@H](O)CO)C(N)=O. The lowest BCUT2D eigenvalue weighted by Gasteiger charge is -2.33. The molecule has 66 heavy (non-hydrogen) atoms. The molecule has 0 aliphatic heterocycles. The van der Waals surface area contributed by atoms with Gasteiger partial charge in [-0.25, -0.2) is 9.97 Å². The smallest absolute Gasteiger partial charge is 0.269 e. The minimum Gasteiger partial charge on any atom is -0.394 e. The normalized spacial score (nSPS) is 16.2. The van der Waals surface area contributed by atoms with Gasteiger partial charge < -0.3 is 73.2 Å². The van der Waals surface area contributed by atoms with Gasteiger partial charge in [0.2, 0.25) is 11.8 Å². The van der Waals surface area contributed by atoms with Crippen molar-refractivity contribution >= 4 is 35.2 Å². The number of amides is 3. The summed E-state index contributed by atoms with van der Waals surface area (Å²) in [7, 11) is 1.48.